The summed E-state index contributed by atoms with van der Waals surface area (Å²) in [5.74, 6) is 1.28. The molecule has 0 saturated carbocycles. The van der Waals surface area contributed by atoms with Gasteiger partial charge in [-0.05, 0) is 39.0 Å². The van der Waals surface area contributed by atoms with Crippen LogP contribution in [0.5, 0.6) is 5.75 Å². The summed E-state index contributed by atoms with van der Waals surface area (Å²) in [6.07, 6.45) is 5.54. The van der Waals surface area contributed by atoms with Gasteiger partial charge in [-0.3, -0.25) is 14.8 Å². The van der Waals surface area contributed by atoms with Crippen molar-refractivity contribution >= 4 is 52.9 Å². The van der Waals surface area contributed by atoms with E-state index in [0.29, 0.717) is 24.4 Å². The van der Waals surface area contributed by atoms with E-state index in [9.17, 15) is 0 Å². The Bertz CT molecular complexity index is 1370. The van der Waals surface area contributed by atoms with Crippen molar-refractivity contribution in [2.45, 2.75) is 0 Å². The minimum absolute atomic E-state index is 0.322. The number of aromatic nitrogens is 1. The van der Waals surface area contributed by atoms with Crippen LogP contribution in [0.15, 0.2) is 71.0 Å². The van der Waals surface area contributed by atoms with Crippen LogP contribution in [0.2, 0.25) is 0 Å². The summed E-state index contributed by atoms with van der Waals surface area (Å²) >= 11 is 0. The second-order valence-corrected chi connectivity index (χ2v) is 9.31. The number of methoxy groups -OCH3 is 2. The smallest absolute Gasteiger partial charge is 0.162 e. The average molecular weight is 562 g/mol. The van der Waals surface area contributed by atoms with Crippen molar-refractivity contribution in [3.8, 4) is 5.75 Å². The fourth-order valence-corrected chi connectivity index (χ4v) is 4.16. The molecule has 41 heavy (non-hydrogen) atoms. The Morgan fingerprint density at radius 2 is 1.83 bits per heavy atom. The first-order valence-corrected chi connectivity index (χ1v) is 13.1. The second kappa shape index (κ2) is 16.5. The monoisotopic (exact) mass is 561 g/mol. The number of rotatable bonds is 14. The van der Waals surface area contributed by atoms with Gasteiger partial charge in [0.25, 0.3) is 0 Å². The van der Waals surface area contributed by atoms with Crippen LogP contribution < -0.4 is 20.3 Å². The summed E-state index contributed by atoms with van der Waals surface area (Å²) in [5.41, 5.74) is 5.60. The van der Waals surface area contributed by atoms with Gasteiger partial charge >= 0.3 is 0 Å². The molecule has 220 valence electrons. The Morgan fingerprint density at radius 3 is 2.41 bits per heavy atom. The summed E-state index contributed by atoms with van der Waals surface area (Å²) in [4.78, 5) is 22.3. The number of fused-ring (bicyclic) bond motifs is 1. The molecule has 0 aliphatic heterocycles. The normalized spacial score (nSPS) is 11.4. The zero-order valence-electron chi connectivity index (χ0n) is 25.3. The van der Waals surface area contributed by atoms with Gasteiger partial charge < -0.3 is 34.5 Å². The molecule has 2 N–H and O–H groups in total. The number of aryl methyl sites for hydroxylation is 1. The molecule has 3 rings (SSSR count). The third-order valence-corrected chi connectivity index (χ3v) is 6.31. The SMILES string of the molecule is C=CC=O.C=N/C(=C(\C=N/CNc1cc(NC)c(N(C)CCN(C)C)cc1OC)OC)c1cn(C)c2ccccc12. The van der Waals surface area contributed by atoms with Crippen LogP contribution in [0.25, 0.3) is 16.6 Å². The van der Waals surface area contributed by atoms with E-state index in [0.717, 1.165) is 52.4 Å². The third-order valence-electron chi connectivity index (χ3n) is 6.31. The summed E-state index contributed by atoms with van der Waals surface area (Å²) in [6.45, 7) is 9.06. The number of nitrogens with one attached hydrogen (secondary N) is 2. The maximum absolute atomic E-state index is 9.06. The number of ether oxygens (including phenoxy) is 2. The van der Waals surface area contributed by atoms with E-state index in [2.05, 4.69) is 81.6 Å². The Balaban J connectivity index is 0.00000138. The lowest BCUT2D eigenvalue weighted by atomic mass is 10.1. The third kappa shape index (κ3) is 8.71. The predicted octanol–water partition coefficient (Wildman–Crippen LogP) is 4.75. The van der Waals surface area contributed by atoms with Crippen LogP contribution >= 0.6 is 0 Å². The van der Waals surface area contributed by atoms with Crippen LogP contribution in [0.4, 0.5) is 17.1 Å². The number of hydrogen-bond donors (Lipinski definition) is 2. The van der Waals surface area contributed by atoms with E-state index in [4.69, 9.17) is 14.3 Å². The highest BCUT2D eigenvalue weighted by molar-refractivity contribution is 5.98. The van der Waals surface area contributed by atoms with Crippen molar-refractivity contribution in [2.24, 2.45) is 17.0 Å². The van der Waals surface area contributed by atoms with Gasteiger partial charge in [0, 0.05) is 63.0 Å². The first kappa shape index (κ1) is 32.6. The van der Waals surface area contributed by atoms with Gasteiger partial charge in [0.05, 0.1) is 37.5 Å². The van der Waals surface area contributed by atoms with Crippen molar-refractivity contribution in [2.75, 3.05) is 77.7 Å². The maximum atomic E-state index is 9.06. The number of carbonyl (C=O) groups excluding carboxylic acids is 1. The van der Waals surface area contributed by atoms with E-state index < -0.39 is 0 Å². The highest BCUT2D eigenvalue weighted by Gasteiger charge is 2.15. The quantitative estimate of drug-likeness (QED) is 0.127. The minimum Gasteiger partial charge on any atom is -0.495 e. The Kier molecular flexibility index (Phi) is 13.1. The predicted molar refractivity (Wildman–Crippen MR) is 174 cm³/mol. The molecule has 1 aromatic heterocycles. The lowest BCUT2D eigenvalue weighted by molar-refractivity contribution is -0.104. The second-order valence-electron chi connectivity index (χ2n) is 9.31. The lowest BCUT2D eigenvalue weighted by Crippen LogP contribution is -2.29. The fourth-order valence-electron chi connectivity index (χ4n) is 4.16. The Labute approximate surface area is 243 Å². The number of nitrogens with zero attached hydrogens (tertiary/aromatic N) is 5. The molecule has 0 unspecified atom stereocenters. The number of aliphatic imine (C=N–C) groups is 2. The number of para-hydroxylation sites is 1. The molecule has 0 fully saturated rings. The molecule has 0 aliphatic rings. The molecule has 0 aliphatic carbocycles. The molecule has 0 radical (unpaired) electrons. The number of benzene rings is 2. The van der Waals surface area contributed by atoms with Gasteiger partial charge in [-0.25, -0.2) is 0 Å². The van der Waals surface area contributed by atoms with Crippen LogP contribution in [-0.2, 0) is 16.6 Å². The van der Waals surface area contributed by atoms with Crippen LogP contribution in [0.1, 0.15) is 5.56 Å². The molecule has 0 bridgehead atoms. The van der Waals surface area contributed by atoms with Gasteiger partial charge in [0.1, 0.15) is 24.4 Å². The highest BCUT2D eigenvalue weighted by Crippen LogP contribution is 2.36. The Morgan fingerprint density at radius 1 is 1.12 bits per heavy atom. The number of aldehydes is 1. The molecular weight excluding hydrogens is 518 g/mol. The van der Waals surface area contributed by atoms with Crippen LogP contribution in [0, 0.1) is 0 Å². The first-order valence-electron chi connectivity index (χ1n) is 13.1. The molecule has 0 amide bonds. The van der Waals surface area contributed by atoms with E-state index in [1.54, 1.807) is 20.4 Å². The average Bonchev–Trinajstić information content (AvgIpc) is 3.32. The molecule has 3 aromatic rings. The zero-order valence-corrected chi connectivity index (χ0v) is 25.3. The summed E-state index contributed by atoms with van der Waals surface area (Å²) in [7, 11) is 13.4. The van der Waals surface area contributed by atoms with E-state index >= 15 is 0 Å². The standard InChI is InChI=1S/C28H39N7O2.C3H4O/c1-29-22-15-23(26(36-7)16-25(22)34(5)14-13-33(3)4)32-19-31-17-27(37-8)28(30-2)21-18-35(6)24-12-10-9-11-20(21)24;1-2-3-4/h9-12,15-18,29,32H,2,13-14,19H2,1,3-8H3;2-3H,1H2/b28-27+,31-17-;. The van der Waals surface area contributed by atoms with Gasteiger partial charge in [-0.15, -0.1) is 0 Å². The summed E-state index contributed by atoms with van der Waals surface area (Å²) in [5, 5.41) is 7.72. The molecular formula is C31H43N7O3. The largest absolute Gasteiger partial charge is 0.495 e. The van der Waals surface area contributed by atoms with Gasteiger partial charge in [-0.1, -0.05) is 24.8 Å². The van der Waals surface area contributed by atoms with Crippen molar-refractivity contribution in [1.82, 2.24) is 9.47 Å². The van der Waals surface area contributed by atoms with Crippen molar-refractivity contribution < 1.29 is 14.3 Å². The molecule has 10 nitrogen and oxygen atoms in total. The number of allylic oxidation sites excluding steroid dienone is 2. The maximum Gasteiger partial charge on any atom is 0.162 e. The molecule has 0 spiro atoms. The van der Waals surface area contributed by atoms with Crippen LogP contribution in [-0.4, -0.2) is 90.9 Å². The topological polar surface area (TPSA) is 95.7 Å². The van der Waals surface area contributed by atoms with Crippen molar-refractivity contribution in [3.05, 3.63) is 66.6 Å². The van der Waals surface area contributed by atoms with E-state index in [1.807, 2.05) is 44.6 Å². The molecule has 10 heteroatoms. The van der Waals surface area contributed by atoms with Gasteiger partial charge in [0.15, 0.2) is 5.76 Å². The number of likely N-dealkylation sites (N-methyl/N-ethyl adjacent to an activating group) is 2. The fraction of sp³-hybridized carbons (Fsp3) is 0.323. The Hall–Kier alpha value is -4.57. The highest BCUT2D eigenvalue weighted by atomic mass is 16.5. The van der Waals surface area contributed by atoms with Crippen molar-refractivity contribution in [1.29, 1.82) is 0 Å². The summed E-state index contributed by atoms with van der Waals surface area (Å²) < 4.78 is 13.4. The number of hydrogen-bond acceptors (Lipinski definition) is 9. The van der Waals surface area contributed by atoms with Gasteiger partial charge in [0.2, 0.25) is 0 Å². The summed E-state index contributed by atoms with van der Waals surface area (Å²) in [6, 6.07) is 12.2. The lowest BCUT2D eigenvalue weighted by Gasteiger charge is -2.25. The first-order chi connectivity index (χ1) is 19.8. The van der Waals surface area contributed by atoms with E-state index in [-0.39, 0.29) is 0 Å². The van der Waals surface area contributed by atoms with E-state index in [1.165, 1.54) is 6.08 Å². The van der Waals surface area contributed by atoms with Gasteiger partial charge in [-0.2, -0.15) is 0 Å². The molecule has 0 atom stereocenters. The molecule has 2 aromatic carbocycles. The molecule has 0 saturated heterocycles. The molecule has 1 heterocycles. The van der Waals surface area contributed by atoms with Crippen LogP contribution in [0.3, 0.4) is 0 Å². The van der Waals surface area contributed by atoms with Crippen molar-refractivity contribution in [3.63, 3.8) is 0 Å². The number of carbonyl (C=O) groups is 1. The zero-order chi connectivity index (χ0) is 30.4. The number of anilines is 3. The minimum atomic E-state index is 0.322.